The van der Waals surface area contributed by atoms with Gasteiger partial charge in [-0.1, -0.05) is 0 Å². The molecule has 0 saturated carbocycles. The highest BCUT2D eigenvalue weighted by atomic mass is 16.1. The lowest BCUT2D eigenvalue weighted by Crippen LogP contribution is -2.22. The minimum absolute atomic E-state index is 0.00583. The van der Waals surface area contributed by atoms with Gasteiger partial charge in [0.1, 0.15) is 12.0 Å². The summed E-state index contributed by atoms with van der Waals surface area (Å²) in [5.74, 6) is 0. The van der Waals surface area contributed by atoms with Gasteiger partial charge in [0.15, 0.2) is 0 Å². The Kier molecular flexibility index (Phi) is 2.26. The van der Waals surface area contributed by atoms with E-state index in [4.69, 9.17) is 0 Å². The second-order valence-corrected chi connectivity index (χ2v) is 3.89. The Hall–Kier alpha value is -1.71. The van der Waals surface area contributed by atoms with Gasteiger partial charge in [0.25, 0.3) is 5.56 Å². The molecule has 0 unspecified atom stereocenters. The fourth-order valence-electron chi connectivity index (χ4n) is 1.73. The molecule has 0 fully saturated rings. The molecule has 2 heterocycles. The molecule has 0 aliphatic heterocycles. The van der Waals surface area contributed by atoms with E-state index in [9.17, 15) is 4.79 Å². The molecule has 2 aromatic heterocycles. The first-order valence-corrected chi connectivity index (χ1v) is 4.93. The van der Waals surface area contributed by atoms with Crippen LogP contribution in [0.25, 0.3) is 11.0 Å². The lowest BCUT2D eigenvalue weighted by atomic mass is 10.2. The molecule has 15 heavy (non-hydrogen) atoms. The number of pyridine rings is 1. The van der Waals surface area contributed by atoms with E-state index >= 15 is 0 Å². The molecule has 4 heteroatoms. The van der Waals surface area contributed by atoms with Gasteiger partial charge >= 0.3 is 0 Å². The maximum absolute atomic E-state index is 11.8. The third-order valence-electron chi connectivity index (χ3n) is 2.44. The van der Waals surface area contributed by atoms with E-state index in [1.165, 1.54) is 6.33 Å². The fraction of sp³-hybridized carbons (Fsp3) is 0.364. The second-order valence-electron chi connectivity index (χ2n) is 3.89. The van der Waals surface area contributed by atoms with Crippen LogP contribution in [0.5, 0.6) is 0 Å². The van der Waals surface area contributed by atoms with Crippen molar-refractivity contribution in [1.82, 2.24) is 14.5 Å². The van der Waals surface area contributed by atoms with Crippen LogP contribution in [0, 0.1) is 6.92 Å². The summed E-state index contributed by atoms with van der Waals surface area (Å²) in [6, 6.07) is 1.74. The number of rotatable bonds is 1. The molecule has 0 aromatic carbocycles. The number of aromatic nitrogens is 3. The van der Waals surface area contributed by atoms with Gasteiger partial charge in [0, 0.05) is 23.7 Å². The van der Waals surface area contributed by atoms with E-state index < -0.39 is 0 Å². The first-order valence-electron chi connectivity index (χ1n) is 4.93. The molecule has 78 valence electrons. The number of fused-ring (bicyclic) bond motifs is 1. The standard InChI is InChI=1S/C11H13N3O/c1-7(2)14-10(15)4-8(3)9-5-12-6-13-11(9)14/h4-7H,1-3H3. The third-order valence-corrected chi connectivity index (χ3v) is 2.44. The van der Waals surface area contributed by atoms with Crippen LogP contribution in [0.3, 0.4) is 0 Å². The summed E-state index contributed by atoms with van der Waals surface area (Å²) >= 11 is 0. The van der Waals surface area contributed by atoms with Gasteiger partial charge in [0.2, 0.25) is 0 Å². The van der Waals surface area contributed by atoms with E-state index in [1.807, 2.05) is 20.8 Å². The number of nitrogens with zero attached hydrogens (tertiary/aromatic N) is 3. The number of hydrogen-bond donors (Lipinski definition) is 0. The Balaban J connectivity index is 2.96. The maximum atomic E-state index is 11.8. The Morgan fingerprint density at radius 2 is 2.13 bits per heavy atom. The monoisotopic (exact) mass is 203 g/mol. The zero-order valence-corrected chi connectivity index (χ0v) is 9.06. The molecular formula is C11H13N3O. The van der Waals surface area contributed by atoms with Gasteiger partial charge in [-0.3, -0.25) is 9.36 Å². The van der Waals surface area contributed by atoms with E-state index in [0.29, 0.717) is 5.65 Å². The zero-order valence-electron chi connectivity index (χ0n) is 9.06. The molecule has 0 bridgehead atoms. The highest BCUT2D eigenvalue weighted by Gasteiger charge is 2.09. The lowest BCUT2D eigenvalue weighted by Gasteiger charge is -2.13. The van der Waals surface area contributed by atoms with Crippen molar-refractivity contribution >= 4 is 11.0 Å². The average Bonchev–Trinajstić information content (AvgIpc) is 2.17. The van der Waals surface area contributed by atoms with Crippen LogP contribution in [0.15, 0.2) is 23.4 Å². The molecular weight excluding hydrogens is 190 g/mol. The van der Waals surface area contributed by atoms with Crippen molar-refractivity contribution < 1.29 is 0 Å². The Morgan fingerprint density at radius 3 is 2.80 bits per heavy atom. The lowest BCUT2D eigenvalue weighted by molar-refractivity contribution is 0.594. The molecule has 0 spiro atoms. The van der Waals surface area contributed by atoms with Crippen LogP contribution in [0.4, 0.5) is 0 Å². The van der Waals surface area contributed by atoms with Crippen LogP contribution in [0.2, 0.25) is 0 Å². The smallest absolute Gasteiger partial charge is 0.252 e. The van der Waals surface area contributed by atoms with Crippen LogP contribution >= 0.6 is 0 Å². The summed E-state index contributed by atoms with van der Waals surface area (Å²) in [6.07, 6.45) is 3.22. The van der Waals surface area contributed by atoms with Crippen LogP contribution < -0.4 is 5.56 Å². The van der Waals surface area contributed by atoms with Gasteiger partial charge in [-0.05, 0) is 26.3 Å². The van der Waals surface area contributed by atoms with E-state index in [2.05, 4.69) is 9.97 Å². The molecule has 0 radical (unpaired) electrons. The van der Waals surface area contributed by atoms with E-state index in [1.54, 1.807) is 16.8 Å². The van der Waals surface area contributed by atoms with Crippen molar-refractivity contribution in [2.45, 2.75) is 26.8 Å². The normalized spacial score (nSPS) is 11.2. The summed E-state index contributed by atoms with van der Waals surface area (Å²) < 4.78 is 1.68. The van der Waals surface area contributed by atoms with Gasteiger partial charge in [-0.15, -0.1) is 0 Å². The van der Waals surface area contributed by atoms with Crippen molar-refractivity contribution in [1.29, 1.82) is 0 Å². The van der Waals surface area contributed by atoms with Gasteiger partial charge in [-0.25, -0.2) is 9.97 Å². The molecule has 0 aliphatic rings. The number of aryl methyl sites for hydroxylation is 1. The number of hydrogen-bond acceptors (Lipinski definition) is 3. The van der Waals surface area contributed by atoms with Gasteiger partial charge < -0.3 is 0 Å². The van der Waals surface area contributed by atoms with Gasteiger partial charge in [0.05, 0.1) is 0 Å². The molecule has 0 saturated heterocycles. The molecule has 2 aromatic rings. The Labute approximate surface area is 87.6 Å². The van der Waals surface area contributed by atoms with Crippen LogP contribution in [-0.4, -0.2) is 14.5 Å². The van der Waals surface area contributed by atoms with Gasteiger partial charge in [-0.2, -0.15) is 0 Å². The summed E-state index contributed by atoms with van der Waals surface area (Å²) in [6.45, 7) is 5.84. The summed E-state index contributed by atoms with van der Waals surface area (Å²) in [7, 11) is 0. The van der Waals surface area contributed by atoms with Crippen LogP contribution in [0.1, 0.15) is 25.5 Å². The SMILES string of the molecule is Cc1cc(=O)n(C(C)C)c2ncncc12. The Bertz CT molecular complexity index is 557. The summed E-state index contributed by atoms with van der Waals surface area (Å²) in [5.41, 5.74) is 1.63. The quantitative estimate of drug-likeness (QED) is 0.708. The largest absolute Gasteiger partial charge is 0.290 e. The van der Waals surface area contributed by atoms with Crippen molar-refractivity contribution in [2.75, 3.05) is 0 Å². The maximum Gasteiger partial charge on any atom is 0.252 e. The average molecular weight is 203 g/mol. The van der Waals surface area contributed by atoms with Crippen molar-refractivity contribution in [3.63, 3.8) is 0 Å². The molecule has 4 nitrogen and oxygen atoms in total. The minimum Gasteiger partial charge on any atom is -0.290 e. The Morgan fingerprint density at radius 1 is 1.40 bits per heavy atom. The highest BCUT2D eigenvalue weighted by molar-refractivity contribution is 5.77. The molecule has 2 rings (SSSR count). The first-order chi connectivity index (χ1) is 7.11. The second kappa shape index (κ2) is 3.46. The molecule has 0 amide bonds. The van der Waals surface area contributed by atoms with Crippen LogP contribution in [-0.2, 0) is 0 Å². The van der Waals surface area contributed by atoms with Crippen molar-refractivity contribution in [3.05, 3.63) is 34.5 Å². The summed E-state index contributed by atoms with van der Waals surface area (Å²) in [5, 5.41) is 0.936. The highest BCUT2D eigenvalue weighted by Crippen LogP contribution is 2.15. The molecule has 0 aliphatic carbocycles. The minimum atomic E-state index is -0.00583. The van der Waals surface area contributed by atoms with E-state index in [0.717, 1.165) is 10.9 Å². The zero-order chi connectivity index (χ0) is 11.0. The predicted molar refractivity (Wildman–Crippen MR) is 58.9 cm³/mol. The fourth-order valence-corrected chi connectivity index (χ4v) is 1.73. The topological polar surface area (TPSA) is 47.8 Å². The van der Waals surface area contributed by atoms with E-state index in [-0.39, 0.29) is 11.6 Å². The van der Waals surface area contributed by atoms with Crippen molar-refractivity contribution in [2.24, 2.45) is 0 Å². The third kappa shape index (κ3) is 1.52. The molecule has 0 atom stereocenters. The first kappa shape index (κ1) is 9.83. The predicted octanol–water partition coefficient (Wildman–Crippen LogP) is 1.68. The molecule has 0 N–H and O–H groups in total. The summed E-state index contributed by atoms with van der Waals surface area (Å²) in [4.78, 5) is 20.0. The van der Waals surface area contributed by atoms with Crippen molar-refractivity contribution in [3.8, 4) is 0 Å².